The monoisotopic (exact) mass is 390 g/mol. The van der Waals surface area contributed by atoms with E-state index in [-0.39, 0.29) is 17.0 Å². The molecule has 0 radical (unpaired) electrons. The van der Waals surface area contributed by atoms with Gasteiger partial charge < -0.3 is 9.64 Å². The highest BCUT2D eigenvalue weighted by Crippen LogP contribution is 2.18. The number of nitrogens with one attached hydrogen (secondary N) is 1. The predicted octanol–water partition coefficient (Wildman–Crippen LogP) is 1.65. The van der Waals surface area contributed by atoms with E-state index in [0.29, 0.717) is 5.69 Å². The number of aryl methyl sites for hydroxylation is 1. The van der Waals surface area contributed by atoms with E-state index in [1.807, 2.05) is 12.1 Å². The van der Waals surface area contributed by atoms with E-state index in [2.05, 4.69) is 24.3 Å². The number of nitrogens with zero attached hydrogens (tertiary/aromatic N) is 3. The van der Waals surface area contributed by atoms with Gasteiger partial charge in [0.2, 0.25) is 10.0 Å². The van der Waals surface area contributed by atoms with Crippen LogP contribution < -0.4 is 9.62 Å². The molecule has 0 saturated carbocycles. The minimum absolute atomic E-state index is 0.0878. The zero-order chi connectivity index (χ0) is 19.4. The molecule has 1 saturated heterocycles. The van der Waals surface area contributed by atoms with Crippen molar-refractivity contribution in [2.24, 2.45) is 0 Å². The van der Waals surface area contributed by atoms with E-state index in [0.717, 1.165) is 24.5 Å². The van der Waals surface area contributed by atoms with Gasteiger partial charge in [-0.25, -0.2) is 22.9 Å². The highest BCUT2D eigenvalue weighted by Gasteiger charge is 2.19. The van der Waals surface area contributed by atoms with Crippen molar-refractivity contribution in [1.29, 1.82) is 0 Å². The van der Waals surface area contributed by atoms with Crippen molar-refractivity contribution in [2.75, 3.05) is 25.1 Å². The highest BCUT2D eigenvalue weighted by atomic mass is 32.2. The standard InChI is InChI=1S/C18H22N4O4S/c1-13-16(18(23)26-2)9-15(12-19-13)27(24,25)21-11-14-5-6-17(20-10-14)22-7-3-4-8-22/h5-6,9-10,12,21H,3-4,7-8,11H2,1-2H3. The number of rotatable bonds is 6. The Labute approximate surface area is 158 Å². The second-order valence-electron chi connectivity index (χ2n) is 6.34. The van der Waals surface area contributed by atoms with Gasteiger partial charge in [0, 0.05) is 32.0 Å². The average Bonchev–Trinajstić information content (AvgIpc) is 3.21. The minimum atomic E-state index is -3.82. The van der Waals surface area contributed by atoms with Crippen LogP contribution in [0.2, 0.25) is 0 Å². The number of sulfonamides is 1. The summed E-state index contributed by atoms with van der Waals surface area (Å²) in [7, 11) is -2.59. The lowest BCUT2D eigenvalue weighted by atomic mass is 10.2. The Kier molecular flexibility index (Phi) is 5.71. The predicted molar refractivity (Wildman–Crippen MR) is 100 cm³/mol. The molecule has 8 nitrogen and oxygen atoms in total. The molecule has 0 spiro atoms. The molecule has 3 heterocycles. The Morgan fingerprint density at radius 3 is 2.59 bits per heavy atom. The molecule has 2 aromatic heterocycles. The summed E-state index contributed by atoms with van der Waals surface area (Å²) >= 11 is 0. The van der Waals surface area contributed by atoms with Crippen molar-refractivity contribution >= 4 is 21.8 Å². The molecule has 0 aromatic carbocycles. The number of esters is 1. The summed E-state index contributed by atoms with van der Waals surface area (Å²) in [5.74, 6) is 0.281. The zero-order valence-electron chi connectivity index (χ0n) is 15.3. The number of carbonyl (C=O) groups excluding carboxylic acids is 1. The van der Waals surface area contributed by atoms with Gasteiger partial charge in [-0.15, -0.1) is 0 Å². The molecule has 1 N–H and O–H groups in total. The molecule has 0 aliphatic carbocycles. The lowest BCUT2D eigenvalue weighted by Gasteiger charge is -2.16. The van der Waals surface area contributed by atoms with Crippen LogP contribution in [-0.2, 0) is 21.3 Å². The summed E-state index contributed by atoms with van der Waals surface area (Å²) in [4.78, 5) is 22.3. The van der Waals surface area contributed by atoms with Gasteiger partial charge in [0.05, 0.1) is 18.4 Å². The summed E-state index contributed by atoms with van der Waals surface area (Å²) in [6, 6.07) is 5.03. The van der Waals surface area contributed by atoms with Crippen LogP contribution >= 0.6 is 0 Å². The molecule has 0 amide bonds. The first-order chi connectivity index (χ1) is 12.9. The number of anilines is 1. The van der Waals surface area contributed by atoms with Crippen molar-refractivity contribution < 1.29 is 17.9 Å². The third-order valence-corrected chi connectivity index (χ3v) is 5.85. The fourth-order valence-electron chi connectivity index (χ4n) is 2.89. The van der Waals surface area contributed by atoms with Crippen molar-refractivity contribution in [1.82, 2.24) is 14.7 Å². The number of hydrogen-bond donors (Lipinski definition) is 1. The zero-order valence-corrected chi connectivity index (χ0v) is 16.1. The Hall–Kier alpha value is -2.52. The molecule has 0 unspecified atom stereocenters. The van der Waals surface area contributed by atoms with Gasteiger partial charge in [0.15, 0.2) is 0 Å². The van der Waals surface area contributed by atoms with Gasteiger partial charge in [0.1, 0.15) is 10.7 Å². The molecule has 1 aliphatic heterocycles. The van der Waals surface area contributed by atoms with E-state index >= 15 is 0 Å². The quantitative estimate of drug-likeness (QED) is 0.748. The lowest BCUT2D eigenvalue weighted by molar-refractivity contribution is 0.0599. The van der Waals surface area contributed by atoms with Crippen LogP contribution in [0.25, 0.3) is 0 Å². The van der Waals surface area contributed by atoms with Crippen molar-refractivity contribution in [3.63, 3.8) is 0 Å². The molecule has 3 rings (SSSR count). The maximum absolute atomic E-state index is 12.5. The van der Waals surface area contributed by atoms with E-state index in [9.17, 15) is 13.2 Å². The maximum atomic E-state index is 12.5. The lowest BCUT2D eigenvalue weighted by Crippen LogP contribution is -2.24. The largest absolute Gasteiger partial charge is 0.465 e. The summed E-state index contributed by atoms with van der Waals surface area (Å²) in [6.07, 6.45) is 5.23. The van der Waals surface area contributed by atoms with Gasteiger partial charge in [0.25, 0.3) is 0 Å². The van der Waals surface area contributed by atoms with E-state index in [1.54, 1.807) is 13.1 Å². The fourth-order valence-corrected chi connectivity index (χ4v) is 3.88. The summed E-state index contributed by atoms with van der Waals surface area (Å²) < 4.78 is 32.2. The molecule has 9 heteroatoms. The van der Waals surface area contributed by atoms with Gasteiger partial charge in [-0.2, -0.15) is 0 Å². The summed E-state index contributed by atoms with van der Waals surface area (Å²) in [5.41, 5.74) is 1.27. The van der Waals surface area contributed by atoms with Crippen LogP contribution in [-0.4, -0.2) is 44.6 Å². The SMILES string of the molecule is COC(=O)c1cc(S(=O)(=O)NCc2ccc(N3CCCC3)nc2)cnc1C. The molecular formula is C18H22N4O4S. The number of ether oxygens (including phenoxy) is 1. The molecule has 1 aliphatic rings. The van der Waals surface area contributed by atoms with Gasteiger partial charge in [-0.3, -0.25) is 4.98 Å². The number of methoxy groups -OCH3 is 1. The second-order valence-corrected chi connectivity index (χ2v) is 8.11. The Morgan fingerprint density at radius 2 is 1.96 bits per heavy atom. The summed E-state index contributed by atoms with van der Waals surface area (Å²) in [5, 5.41) is 0. The molecular weight excluding hydrogens is 368 g/mol. The topological polar surface area (TPSA) is 101 Å². The highest BCUT2D eigenvalue weighted by molar-refractivity contribution is 7.89. The van der Waals surface area contributed by atoms with Crippen LogP contribution in [0.15, 0.2) is 35.5 Å². The van der Waals surface area contributed by atoms with Crippen LogP contribution in [0.5, 0.6) is 0 Å². The van der Waals surface area contributed by atoms with Crippen LogP contribution in [0, 0.1) is 6.92 Å². The normalized spacial score (nSPS) is 14.4. The van der Waals surface area contributed by atoms with Crippen LogP contribution in [0.4, 0.5) is 5.82 Å². The van der Waals surface area contributed by atoms with E-state index < -0.39 is 16.0 Å². The van der Waals surface area contributed by atoms with Gasteiger partial charge in [-0.1, -0.05) is 6.07 Å². The molecule has 0 atom stereocenters. The molecule has 0 bridgehead atoms. The first kappa shape index (κ1) is 19.2. The maximum Gasteiger partial charge on any atom is 0.339 e. The van der Waals surface area contributed by atoms with Crippen molar-refractivity contribution in [3.8, 4) is 0 Å². The molecule has 1 fully saturated rings. The van der Waals surface area contributed by atoms with Gasteiger partial charge in [-0.05, 0) is 37.5 Å². The molecule has 2 aromatic rings. The Morgan fingerprint density at radius 1 is 1.22 bits per heavy atom. The fraction of sp³-hybridized carbons (Fsp3) is 0.389. The Bertz CT molecular complexity index is 923. The van der Waals surface area contributed by atoms with Crippen LogP contribution in [0.3, 0.4) is 0 Å². The first-order valence-corrected chi connectivity index (χ1v) is 10.1. The minimum Gasteiger partial charge on any atom is -0.465 e. The number of pyridine rings is 2. The van der Waals surface area contributed by atoms with Crippen LogP contribution in [0.1, 0.15) is 34.5 Å². The Balaban J connectivity index is 1.70. The van der Waals surface area contributed by atoms with Crippen molar-refractivity contribution in [2.45, 2.75) is 31.2 Å². The molecule has 27 heavy (non-hydrogen) atoms. The van der Waals surface area contributed by atoms with E-state index in [4.69, 9.17) is 0 Å². The van der Waals surface area contributed by atoms with Gasteiger partial charge >= 0.3 is 5.97 Å². The summed E-state index contributed by atoms with van der Waals surface area (Å²) in [6.45, 7) is 3.71. The first-order valence-electron chi connectivity index (χ1n) is 8.65. The van der Waals surface area contributed by atoms with E-state index in [1.165, 1.54) is 32.2 Å². The van der Waals surface area contributed by atoms with Crippen molar-refractivity contribution in [3.05, 3.63) is 47.4 Å². The number of hydrogen-bond acceptors (Lipinski definition) is 7. The smallest absolute Gasteiger partial charge is 0.339 e. The second kappa shape index (κ2) is 8.01. The third-order valence-electron chi connectivity index (χ3n) is 4.48. The average molecular weight is 390 g/mol. The number of carbonyl (C=O) groups is 1. The molecule has 144 valence electrons. The third kappa shape index (κ3) is 4.42. The number of aromatic nitrogens is 2.